The topological polar surface area (TPSA) is 26.0 Å². The van der Waals surface area contributed by atoms with Gasteiger partial charge in [-0.3, -0.25) is 0 Å². The van der Waals surface area contributed by atoms with Crippen molar-refractivity contribution in [2.45, 2.75) is 18.9 Å². The van der Waals surface area contributed by atoms with Crippen LogP contribution in [0, 0.1) is 0 Å². The molecule has 0 unspecified atom stereocenters. The van der Waals surface area contributed by atoms with Gasteiger partial charge in [0.2, 0.25) is 0 Å². The van der Waals surface area contributed by atoms with Gasteiger partial charge in [0.15, 0.2) is 0 Å². The molecule has 0 aromatic heterocycles. The molecule has 0 heterocycles. The summed E-state index contributed by atoms with van der Waals surface area (Å²) in [5, 5.41) is 0. The van der Waals surface area contributed by atoms with Crippen LogP contribution >= 0.6 is 31.9 Å². The number of nitrogens with two attached hydrogens (primary N) is 1. The third kappa shape index (κ3) is 3.56. The Bertz CT molecular complexity index is 303. The summed E-state index contributed by atoms with van der Waals surface area (Å²) in [5.41, 5.74) is 7.18. The van der Waals surface area contributed by atoms with Gasteiger partial charge in [0.25, 0.3) is 0 Å². The minimum Gasteiger partial charge on any atom is -0.324 e. The fraction of sp³-hybridized carbons (Fsp3) is 0.273. The molecule has 1 aromatic rings. The van der Waals surface area contributed by atoms with E-state index < -0.39 is 0 Å². The molecule has 1 rings (SSSR count). The quantitative estimate of drug-likeness (QED) is 0.828. The fourth-order valence-electron chi connectivity index (χ4n) is 1.25. The number of hydrogen-bond acceptors (Lipinski definition) is 1. The van der Waals surface area contributed by atoms with Crippen LogP contribution in [0.15, 0.2) is 39.8 Å². The molecule has 2 N–H and O–H groups in total. The lowest BCUT2D eigenvalue weighted by Crippen LogP contribution is -2.09. The molecule has 0 amide bonds. The van der Waals surface area contributed by atoms with Gasteiger partial charge >= 0.3 is 0 Å². The van der Waals surface area contributed by atoms with Crippen molar-refractivity contribution in [3.63, 3.8) is 0 Å². The molecule has 0 saturated carbocycles. The van der Waals surface area contributed by atoms with Gasteiger partial charge in [-0.1, -0.05) is 37.9 Å². The molecule has 1 nitrogen and oxygen atoms in total. The van der Waals surface area contributed by atoms with Crippen molar-refractivity contribution in [2.24, 2.45) is 5.73 Å². The van der Waals surface area contributed by atoms with Crippen molar-refractivity contribution in [1.82, 2.24) is 0 Å². The largest absolute Gasteiger partial charge is 0.324 e. The maximum absolute atomic E-state index is 6.03. The predicted octanol–water partition coefficient (Wildman–Crippen LogP) is 4.18. The average molecular weight is 319 g/mol. The Morgan fingerprint density at radius 3 is 2.36 bits per heavy atom. The summed E-state index contributed by atoms with van der Waals surface area (Å²) >= 11 is 6.89. The smallest absolute Gasteiger partial charge is 0.0298 e. The highest BCUT2D eigenvalue weighted by Crippen LogP contribution is 2.25. The third-order valence-electron chi connectivity index (χ3n) is 1.99. The van der Waals surface area contributed by atoms with E-state index in [-0.39, 0.29) is 6.04 Å². The first-order valence-electron chi connectivity index (χ1n) is 4.46. The van der Waals surface area contributed by atoms with E-state index in [1.165, 1.54) is 0 Å². The number of benzene rings is 1. The summed E-state index contributed by atoms with van der Waals surface area (Å²) in [5.74, 6) is 0. The van der Waals surface area contributed by atoms with Gasteiger partial charge in [0, 0.05) is 15.0 Å². The molecule has 0 radical (unpaired) electrons. The number of halogens is 2. The van der Waals surface area contributed by atoms with Crippen molar-refractivity contribution in [3.8, 4) is 0 Å². The van der Waals surface area contributed by atoms with Gasteiger partial charge in [0.05, 0.1) is 0 Å². The second-order valence-electron chi connectivity index (χ2n) is 3.18. The SMILES string of the molecule is C=CCC[C@H](N)c1cc(Br)cc(Br)c1. The van der Waals surface area contributed by atoms with Crippen molar-refractivity contribution in [2.75, 3.05) is 0 Å². The molecule has 0 bridgehead atoms. The monoisotopic (exact) mass is 317 g/mol. The van der Waals surface area contributed by atoms with Crippen LogP contribution in [0.5, 0.6) is 0 Å². The zero-order valence-corrected chi connectivity index (χ0v) is 11.0. The molecule has 0 spiro atoms. The molecule has 0 aliphatic carbocycles. The van der Waals surface area contributed by atoms with Gasteiger partial charge in [-0.25, -0.2) is 0 Å². The summed E-state index contributed by atoms with van der Waals surface area (Å²) in [6.07, 6.45) is 3.78. The van der Waals surface area contributed by atoms with Crippen LogP contribution in [0.2, 0.25) is 0 Å². The number of hydrogen-bond donors (Lipinski definition) is 1. The minimum atomic E-state index is 0.0850. The Labute approximate surface area is 102 Å². The van der Waals surface area contributed by atoms with Crippen LogP contribution in [0.25, 0.3) is 0 Å². The summed E-state index contributed by atoms with van der Waals surface area (Å²) in [7, 11) is 0. The lowest BCUT2D eigenvalue weighted by atomic mass is 10.0. The van der Waals surface area contributed by atoms with Gasteiger partial charge in [-0.2, -0.15) is 0 Å². The zero-order valence-electron chi connectivity index (χ0n) is 7.84. The van der Waals surface area contributed by atoms with E-state index in [0.29, 0.717) is 0 Å². The second kappa shape index (κ2) is 5.69. The third-order valence-corrected chi connectivity index (χ3v) is 2.91. The van der Waals surface area contributed by atoms with E-state index in [1.54, 1.807) is 0 Å². The van der Waals surface area contributed by atoms with Gasteiger partial charge in [-0.05, 0) is 36.6 Å². The fourth-order valence-corrected chi connectivity index (χ4v) is 2.58. The van der Waals surface area contributed by atoms with E-state index in [1.807, 2.05) is 12.1 Å². The maximum Gasteiger partial charge on any atom is 0.0298 e. The molecule has 0 saturated heterocycles. The number of allylic oxidation sites excluding steroid dienone is 1. The van der Waals surface area contributed by atoms with E-state index >= 15 is 0 Å². The van der Waals surface area contributed by atoms with Crippen molar-refractivity contribution < 1.29 is 0 Å². The van der Waals surface area contributed by atoms with Crippen LogP contribution < -0.4 is 5.73 Å². The Hall–Kier alpha value is -0.120. The summed E-state index contributed by atoms with van der Waals surface area (Å²) < 4.78 is 2.10. The molecule has 76 valence electrons. The Kier molecular flexibility index (Phi) is 4.85. The lowest BCUT2D eigenvalue weighted by molar-refractivity contribution is 0.661. The summed E-state index contributed by atoms with van der Waals surface area (Å²) in [6, 6.07) is 6.20. The van der Waals surface area contributed by atoms with Crippen LogP contribution in [0.3, 0.4) is 0 Å². The van der Waals surface area contributed by atoms with Crippen molar-refractivity contribution in [1.29, 1.82) is 0 Å². The van der Waals surface area contributed by atoms with Crippen molar-refractivity contribution >= 4 is 31.9 Å². The summed E-state index contributed by atoms with van der Waals surface area (Å²) in [6.45, 7) is 3.69. The van der Waals surface area contributed by atoms with Gasteiger partial charge in [0.1, 0.15) is 0 Å². The average Bonchev–Trinajstić information content (AvgIpc) is 2.12. The Morgan fingerprint density at radius 2 is 1.86 bits per heavy atom. The molecule has 0 aliphatic heterocycles. The molecule has 14 heavy (non-hydrogen) atoms. The van der Waals surface area contributed by atoms with Crippen LogP contribution in [0.1, 0.15) is 24.4 Å². The lowest BCUT2D eigenvalue weighted by Gasteiger charge is -2.11. The first-order valence-corrected chi connectivity index (χ1v) is 6.04. The van der Waals surface area contributed by atoms with E-state index in [9.17, 15) is 0 Å². The zero-order chi connectivity index (χ0) is 10.6. The Morgan fingerprint density at radius 1 is 1.29 bits per heavy atom. The predicted molar refractivity (Wildman–Crippen MR) is 68.2 cm³/mol. The second-order valence-corrected chi connectivity index (χ2v) is 5.01. The van der Waals surface area contributed by atoms with E-state index in [4.69, 9.17) is 5.73 Å². The van der Waals surface area contributed by atoms with Crippen molar-refractivity contribution in [3.05, 3.63) is 45.4 Å². The molecule has 1 atom stereocenters. The summed E-state index contributed by atoms with van der Waals surface area (Å²) in [4.78, 5) is 0. The standard InChI is InChI=1S/C11H13Br2N/c1-2-3-4-11(14)8-5-9(12)7-10(13)6-8/h2,5-7,11H,1,3-4,14H2/t11-/m0/s1. The number of rotatable bonds is 4. The minimum absolute atomic E-state index is 0.0850. The van der Waals surface area contributed by atoms with E-state index in [0.717, 1.165) is 27.4 Å². The van der Waals surface area contributed by atoms with Crippen LogP contribution in [-0.4, -0.2) is 0 Å². The highest BCUT2D eigenvalue weighted by molar-refractivity contribution is 9.11. The Balaban J connectivity index is 2.78. The van der Waals surface area contributed by atoms with Gasteiger partial charge < -0.3 is 5.73 Å². The molecule has 0 aliphatic rings. The van der Waals surface area contributed by atoms with Gasteiger partial charge in [-0.15, -0.1) is 6.58 Å². The van der Waals surface area contributed by atoms with Crippen LogP contribution in [-0.2, 0) is 0 Å². The maximum atomic E-state index is 6.03. The van der Waals surface area contributed by atoms with Crippen LogP contribution in [0.4, 0.5) is 0 Å². The van der Waals surface area contributed by atoms with E-state index in [2.05, 4.69) is 50.6 Å². The molecule has 1 aromatic carbocycles. The first-order chi connectivity index (χ1) is 6.63. The highest BCUT2D eigenvalue weighted by Gasteiger charge is 2.06. The first kappa shape index (κ1) is 12.0. The molecule has 0 fully saturated rings. The molecular weight excluding hydrogens is 306 g/mol. The molecule has 3 heteroatoms. The normalized spacial score (nSPS) is 12.5. The highest BCUT2D eigenvalue weighted by atomic mass is 79.9. The molecular formula is C11H13Br2N.